The molecular weight excluding hydrogens is 368 g/mol. The van der Waals surface area contributed by atoms with Crippen molar-refractivity contribution in [1.29, 1.82) is 0 Å². The molecule has 3 fully saturated rings. The number of fused-ring (bicyclic) bond motifs is 5. The van der Waals surface area contributed by atoms with Crippen LogP contribution in [0.2, 0.25) is 0 Å². The van der Waals surface area contributed by atoms with E-state index in [2.05, 4.69) is 32.6 Å². The van der Waals surface area contributed by atoms with Gasteiger partial charge in [0.15, 0.2) is 0 Å². The summed E-state index contributed by atoms with van der Waals surface area (Å²) in [7, 11) is 0. The van der Waals surface area contributed by atoms with Gasteiger partial charge in [-0.2, -0.15) is 0 Å². The maximum absolute atomic E-state index is 12.1. The molecule has 0 radical (unpaired) electrons. The van der Waals surface area contributed by atoms with Gasteiger partial charge in [0.25, 0.3) is 0 Å². The van der Waals surface area contributed by atoms with Gasteiger partial charge in [0, 0.05) is 30.6 Å². The van der Waals surface area contributed by atoms with E-state index in [0.717, 1.165) is 57.8 Å². The Labute approximate surface area is 175 Å². The van der Waals surface area contributed by atoms with Crippen LogP contribution in [-0.4, -0.2) is 22.4 Å². The lowest BCUT2D eigenvalue weighted by atomic mass is 9.46. The normalized spacial score (nSPS) is 45.0. The molecule has 3 saturated carbocycles. The summed E-state index contributed by atoms with van der Waals surface area (Å²) >= 11 is 5.78. The van der Waals surface area contributed by atoms with Crippen molar-refractivity contribution in [3.8, 4) is 11.8 Å². The molecule has 0 aromatic rings. The maximum atomic E-state index is 12.1. The Hall–Kier alpha value is -0.780. The number of hydrogen-bond donors (Lipinski definition) is 1. The summed E-state index contributed by atoms with van der Waals surface area (Å²) in [6, 6.07) is 0. The fourth-order valence-electron chi connectivity index (χ4n) is 7.51. The van der Waals surface area contributed by atoms with Crippen LogP contribution in [0.25, 0.3) is 0 Å². The first kappa shape index (κ1) is 20.5. The number of halogens is 1. The first-order valence-electron chi connectivity index (χ1n) is 11.2. The smallest absolute Gasteiger partial charge is 0.136 e. The summed E-state index contributed by atoms with van der Waals surface area (Å²) in [5.74, 6) is 9.40. The van der Waals surface area contributed by atoms with Crippen molar-refractivity contribution in [2.75, 3.05) is 5.88 Å². The predicted molar refractivity (Wildman–Crippen MR) is 114 cm³/mol. The van der Waals surface area contributed by atoms with Gasteiger partial charge in [-0.25, -0.2) is 0 Å². The average Bonchev–Trinajstić information content (AvgIpc) is 2.92. The molecule has 4 unspecified atom stereocenters. The molecule has 154 valence electrons. The molecule has 0 heterocycles. The molecule has 0 bridgehead atoms. The standard InChI is InChI=1S/C25H35ClO2/c1-17-15-19-20(23(2)11-7-18(27)16-22(17)23)8-12-24(3)21(19)9-13-25(24,28)10-5-4-6-14-26/h19-21,28H,4,6-9,11-16H2,1-3H3/t19?,20?,21?,23-,24+,25?/m1/s1. The fourth-order valence-corrected chi connectivity index (χ4v) is 7.64. The lowest BCUT2D eigenvalue weighted by Gasteiger charge is -2.58. The van der Waals surface area contributed by atoms with Crippen molar-refractivity contribution in [2.24, 2.45) is 28.6 Å². The van der Waals surface area contributed by atoms with E-state index in [4.69, 9.17) is 11.6 Å². The lowest BCUT2D eigenvalue weighted by Crippen LogP contribution is -2.54. The Morgan fingerprint density at radius 1 is 1.18 bits per heavy atom. The topological polar surface area (TPSA) is 37.3 Å². The quantitative estimate of drug-likeness (QED) is 0.280. The summed E-state index contributed by atoms with van der Waals surface area (Å²) < 4.78 is 0. The van der Waals surface area contributed by atoms with Crippen LogP contribution in [-0.2, 0) is 4.79 Å². The van der Waals surface area contributed by atoms with Crippen molar-refractivity contribution < 1.29 is 9.90 Å². The third kappa shape index (κ3) is 2.92. The molecule has 1 N–H and O–H groups in total. The highest BCUT2D eigenvalue weighted by Gasteiger charge is 2.63. The minimum atomic E-state index is -0.851. The highest BCUT2D eigenvalue weighted by atomic mass is 35.5. The number of aliphatic hydroxyl groups is 1. The molecule has 6 atom stereocenters. The molecular formula is C25H35ClO2. The summed E-state index contributed by atoms with van der Waals surface area (Å²) in [5, 5.41) is 11.6. The molecule has 28 heavy (non-hydrogen) atoms. The van der Waals surface area contributed by atoms with E-state index in [1.807, 2.05) is 0 Å². The minimum Gasteiger partial charge on any atom is -0.377 e. The molecule has 4 rings (SSSR count). The molecule has 0 spiro atoms. The lowest BCUT2D eigenvalue weighted by molar-refractivity contribution is -0.124. The molecule has 3 heteroatoms. The van der Waals surface area contributed by atoms with Gasteiger partial charge < -0.3 is 5.11 Å². The van der Waals surface area contributed by atoms with Crippen molar-refractivity contribution >= 4 is 17.4 Å². The number of allylic oxidation sites excluding steroid dienone is 2. The van der Waals surface area contributed by atoms with Crippen molar-refractivity contribution in [2.45, 2.75) is 90.6 Å². The van der Waals surface area contributed by atoms with Crippen LogP contribution in [0.5, 0.6) is 0 Å². The number of ketones is 1. The predicted octanol–water partition coefficient (Wildman–Crippen LogP) is 5.66. The van der Waals surface area contributed by atoms with Gasteiger partial charge in [0.1, 0.15) is 11.4 Å². The fraction of sp³-hybridized carbons (Fsp3) is 0.800. The van der Waals surface area contributed by atoms with Gasteiger partial charge in [0.05, 0.1) is 0 Å². The number of alkyl halides is 1. The molecule has 4 aliphatic carbocycles. The zero-order chi connectivity index (χ0) is 20.2. The molecule has 0 amide bonds. The number of Topliss-reactive ketones (excluding diaryl/α,β-unsaturated/α-hetero) is 1. The summed E-state index contributed by atoms with van der Waals surface area (Å²) in [6.45, 7) is 7.00. The van der Waals surface area contributed by atoms with Crippen LogP contribution in [0, 0.1) is 40.4 Å². The number of carbonyl (C=O) groups excluding carboxylic acids is 1. The van der Waals surface area contributed by atoms with Gasteiger partial charge >= 0.3 is 0 Å². The Balaban J connectivity index is 1.64. The second kappa shape index (κ2) is 7.17. The third-order valence-electron chi connectivity index (χ3n) is 9.18. The van der Waals surface area contributed by atoms with Gasteiger partial charge in [0.2, 0.25) is 0 Å². The highest BCUT2D eigenvalue weighted by molar-refractivity contribution is 6.17. The van der Waals surface area contributed by atoms with Crippen LogP contribution in [0.3, 0.4) is 0 Å². The molecule has 0 aliphatic heterocycles. The van der Waals surface area contributed by atoms with E-state index in [1.165, 1.54) is 11.1 Å². The number of carbonyl (C=O) groups is 1. The summed E-state index contributed by atoms with van der Waals surface area (Å²) in [4.78, 5) is 12.1. The second-order valence-electron chi connectivity index (χ2n) is 10.4. The number of hydrogen-bond acceptors (Lipinski definition) is 2. The maximum Gasteiger partial charge on any atom is 0.136 e. The zero-order valence-corrected chi connectivity index (χ0v) is 18.5. The van der Waals surface area contributed by atoms with Crippen molar-refractivity contribution in [3.63, 3.8) is 0 Å². The first-order chi connectivity index (χ1) is 13.2. The van der Waals surface area contributed by atoms with Crippen LogP contribution in [0.4, 0.5) is 0 Å². The Morgan fingerprint density at radius 3 is 2.68 bits per heavy atom. The first-order valence-corrected chi connectivity index (χ1v) is 11.8. The van der Waals surface area contributed by atoms with Gasteiger partial charge in [-0.3, -0.25) is 4.79 Å². The van der Waals surface area contributed by atoms with Gasteiger partial charge in [-0.1, -0.05) is 30.9 Å². The average molecular weight is 403 g/mol. The number of unbranched alkanes of at least 4 members (excludes halogenated alkanes) is 1. The Bertz CT molecular complexity index is 758. The molecule has 0 aromatic heterocycles. The zero-order valence-electron chi connectivity index (χ0n) is 17.7. The minimum absolute atomic E-state index is 0.110. The summed E-state index contributed by atoms with van der Waals surface area (Å²) in [5.41, 5.74) is 2.15. The van der Waals surface area contributed by atoms with E-state index < -0.39 is 5.60 Å². The second-order valence-corrected chi connectivity index (χ2v) is 10.8. The highest BCUT2D eigenvalue weighted by Crippen LogP contribution is 2.67. The third-order valence-corrected chi connectivity index (χ3v) is 9.45. The van der Waals surface area contributed by atoms with Crippen LogP contribution < -0.4 is 0 Å². The summed E-state index contributed by atoms with van der Waals surface area (Å²) in [6.07, 6.45) is 9.31. The molecule has 0 aromatic carbocycles. The molecule has 4 aliphatic rings. The van der Waals surface area contributed by atoms with Crippen molar-refractivity contribution in [3.05, 3.63) is 11.1 Å². The largest absolute Gasteiger partial charge is 0.377 e. The van der Waals surface area contributed by atoms with E-state index in [-0.39, 0.29) is 10.8 Å². The SMILES string of the molecule is CC1=C2CC(=O)CC[C@]2(C)C2CC[C@@]3(C)C(CCC3(O)C#CCCCCl)C2C1. The van der Waals surface area contributed by atoms with Gasteiger partial charge in [-0.05, 0) is 75.0 Å². The van der Waals surface area contributed by atoms with Crippen LogP contribution in [0.15, 0.2) is 11.1 Å². The Morgan fingerprint density at radius 2 is 1.93 bits per heavy atom. The van der Waals surface area contributed by atoms with Crippen molar-refractivity contribution in [1.82, 2.24) is 0 Å². The Kier molecular flexibility index (Phi) is 5.25. The molecule has 0 saturated heterocycles. The van der Waals surface area contributed by atoms with E-state index in [9.17, 15) is 9.90 Å². The monoisotopic (exact) mass is 402 g/mol. The van der Waals surface area contributed by atoms with Crippen LogP contribution in [0.1, 0.15) is 85.0 Å². The van der Waals surface area contributed by atoms with E-state index in [0.29, 0.717) is 35.8 Å². The van der Waals surface area contributed by atoms with Crippen LogP contribution >= 0.6 is 11.6 Å². The molecule has 2 nitrogen and oxygen atoms in total. The van der Waals surface area contributed by atoms with E-state index >= 15 is 0 Å². The van der Waals surface area contributed by atoms with E-state index in [1.54, 1.807) is 0 Å². The van der Waals surface area contributed by atoms with Gasteiger partial charge in [-0.15, -0.1) is 17.5 Å². The number of rotatable bonds is 2.